The van der Waals surface area contributed by atoms with Crippen molar-refractivity contribution >= 4 is 17.4 Å². The Hall–Kier alpha value is -1.60. The Kier molecular flexibility index (Phi) is 4.16. The molecule has 0 radical (unpaired) electrons. The Morgan fingerprint density at radius 3 is 2.11 bits per heavy atom. The van der Waals surface area contributed by atoms with Crippen molar-refractivity contribution in [2.45, 2.75) is 12.8 Å². The second-order valence-corrected chi connectivity index (χ2v) is 4.68. The first-order valence-corrected chi connectivity index (χ1v) is 6.51. The molecule has 0 fully saturated rings. The number of ketones is 1. The first-order valence-electron chi connectivity index (χ1n) is 5.98. The average Bonchev–Trinajstić information content (AvgIpc) is 2.47. The normalized spacial score (nSPS) is 12.1. The van der Waals surface area contributed by atoms with Crippen molar-refractivity contribution in [2.75, 3.05) is 5.88 Å². The highest BCUT2D eigenvalue weighted by atomic mass is 35.5. The minimum absolute atomic E-state index is 0.0562. The van der Waals surface area contributed by atoms with Gasteiger partial charge >= 0.3 is 0 Å². The fraction of sp³-hybridized carbons (Fsp3) is 0.188. The van der Waals surface area contributed by atoms with E-state index < -0.39 is 0 Å². The van der Waals surface area contributed by atoms with E-state index in [0.717, 1.165) is 11.1 Å². The van der Waals surface area contributed by atoms with Crippen LogP contribution in [0.1, 0.15) is 34.3 Å². The number of rotatable bonds is 4. The molecule has 0 aromatic heterocycles. The fourth-order valence-corrected chi connectivity index (χ4v) is 1.99. The van der Waals surface area contributed by atoms with Gasteiger partial charge in [0.2, 0.25) is 0 Å². The Morgan fingerprint density at radius 1 is 1.00 bits per heavy atom. The highest BCUT2D eigenvalue weighted by molar-refractivity contribution is 6.18. The van der Waals surface area contributed by atoms with E-state index in [0.29, 0.717) is 17.4 Å². The predicted octanol–water partition coefficient (Wildman–Crippen LogP) is 4.26. The van der Waals surface area contributed by atoms with Crippen molar-refractivity contribution < 1.29 is 4.79 Å². The molecule has 0 aliphatic rings. The summed E-state index contributed by atoms with van der Waals surface area (Å²) in [6.45, 7) is 2.07. The van der Waals surface area contributed by atoms with E-state index >= 15 is 0 Å². The molecular weight excluding hydrogens is 244 g/mol. The van der Waals surface area contributed by atoms with Crippen LogP contribution in [0, 0.1) is 0 Å². The largest absolute Gasteiger partial charge is 0.289 e. The first-order chi connectivity index (χ1) is 8.72. The molecule has 2 aromatic rings. The number of hydrogen-bond acceptors (Lipinski definition) is 1. The lowest BCUT2D eigenvalue weighted by molar-refractivity contribution is 0.103. The van der Waals surface area contributed by atoms with E-state index in [1.165, 1.54) is 0 Å². The molecule has 0 heterocycles. The third-order valence-corrected chi connectivity index (χ3v) is 3.47. The molecule has 2 heteroatoms. The zero-order valence-corrected chi connectivity index (χ0v) is 11.0. The molecule has 18 heavy (non-hydrogen) atoms. The zero-order chi connectivity index (χ0) is 13.0. The van der Waals surface area contributed by atoms with Gasteiger partial charge in [0.25, 0.3) is 0 Å². The highest BCUT2D eigenvalue weighted by Crippen LogP contribution is 2.18. The molecule has 92 valence electrons. The van der Waals surface area contributed by atoms with Gasteiger partial charge in [-0.25, -0.2) is 0 Å². The van der Waals surface area contributed by atoms with Crippen LogP contribution in [0.5, 0.6) is 0 Å². The van der Waals surface area contributed by atoms with Gasteiger partial charge in [0.15, 0.2) is 5.78 Å². The second kappa shape index (κ2) is 5.83. The Bertz CT molecular complexity index is 517. The summed E-state index contributed by atoms with van der Waals surface area (Å²) in [5, 5.41) is 0. The van der Waals surface area contributed by atoms with E-state index in [-0.39, 0.29) is 5.78 Å². The Morgan fingerprint density at radius 2 is 1.56 bits per heavy atom. The third kappa shape index (κ3) is 2.80. The van der Waals surface area contributed by atoms with Crippen molar-refractivity contribution in [3.8, 4) is 0 Å². The molecule has 0 N–H and O–H groups in total. The summed E-state index contributed by atoms with van der Waals surface area (Å²) in [6.07, 6.45) is 0. The summed E-state index contributed by atoms with van der Waals surface area (Å²) in [7, 11) is 0. The maximum atomic E-state index is 12.2. The summed E-state index contributed by atoms with van der Waals surface area (Å²) in [4.78, 5) is 12.2. The Labute approximate surface area is 112 Å². The first kappa shape index (κ1) is 12.8. The average molecular weight is 259 g/mol. The van der Waals surface area contributed by atoms with E-state index in [1.54, 1.807) is 0 Å². The molecule has 1 nitrogen and oxygen atoms in total. The van der Waals surface area contributed by atoms with E-state index in [1.807, 2.05) is 54.6 Å². The molecule has 0 spiro atoms. The van der Waals surface area contributed by atoms with Gasteiger partial charge in [-0.2, -0.15) is 0 Å². The molecular formula is C16H15ClO. The van der Waals surface area contributed by atoms with Gasteiger partial charge in [0, 0.05) is 17.0 Å². The summed E-state index contributed by atoms with van der Waals surface area (Å²) in [6, 6.07) is 17.0. The van der Waals surface area contributed by atoms with Crippen LogP contribution in [0.15, 0.2) is 54.6 Å². The van der Waals surface area contributed by atoms with E-state index in [4.69, 9.17) is 11.6 Å². The zero-order valence-electron chi connectivity index (χ0n) is 10.3. The molecule has 2 aromatic carbocycles. The number of hydrogen-bond donors (Lipinski definition) is 0. The van der Waals surface area contributed by atoms with Crippen molar-refractivity contribution in [2.24, 2.45) is 0 Å². The molecule has 1 unspecified atom stereocenters. The quantitative estimate of drug-likeness (QED) is 0.592. The molecule has 2 rings (SSSR count). The topological polar surface area (TPSA) is 17.1 Å². The fourth-order valence-electron chi connectivity index (χ4n) is 1.81. The number of alkyl halides is 1. The van der Waals surface area contributed by atoms with Gasteiger partial charge < -0.3 is 0 Å². The SMILES string of the molecule is CC(CCl)c1ccc(C(=O)c2ccccc2)cc1. The Balaban J connectivity index is 2.22. The molecule has 0 amide bonds. The monoisotopic (exact) mass is 258 g/mol. The number of carbonyl (C=O) groups excluding carboxylic acids is 1. The lowest BCUT2D eigenvalue weighted by Gasteiger charge is -2.08. The predicted molar refractivity (Wildman–Crippen MR) is 75.5 cm³/mol. The highest BCUT2D eigenvalue weighted by Gasteiger charge is 2.09. The lowest BCUT2D eigenvalue weighted by atomic mass is 9.98. The second-order valence-electron chi connectivity index (χ2n) is 4.37. The summed E-state index contributed by atoms with van der Waals surface area (Å²) >= 11 is 5.82. The number of benzene rings is 2. The van der Waals surface area contributed by atoms with Gasteiger partial charge in [-0.1, -0.05) is 61.5 Å². The molecule has 0 saturated carbocycles. The van der Waals surface area contributed by atoms with Crippen LogP contribution in [-0.4, -0.2) is 11.7 Å². The smallest absolute Gasteiger partial charge is 0.193 e. The van der Waals surface area contributed by atoms with E-state index in [2.05, 4.69) is 6.92 Å². The van der Waals surface area contributed by atoms with Crippen molar-refractivity contribution in [3.63, 3.8) is 0 Å². The molecule has 0 aliphatic carbocycles. The number of halogens is 1. The maximum absolute atomic E-state index is 12.2. The van der Waals surface area contributed by atoms with Gasteiger partial charge in [0.05, 0.1) is 0 Å². The maximum Gasteiger partial charge on any atom is 0.193 e. The van der Waals surface area contributed by atoms with Crippen molar-refractivity contribution in [1.82, 2.24) is 0 Å². The summed E-state index contributed by atoms with van der Waals surface area (Å²) < 4.78 is 0. The van der Waals surface area contributed by atoms with Gasteiger partial charge in [-0.05, 0) is 11.5 Å². The molecule has 1 atom stereocenters. The summed E-state index contributed by atoms with van der Waals surface area (Å²) in [5.41, 5.74) is 2.59. The number of carbonyl (C=O) groups is 1. The van der Waals surface area contributed by atoms with Crippen molar-refractivity contribution in [3.05, 3.63) is 71.3 Å². The molecule has 0 bridgehead atoms. The van der Waals surface area contributed by atoms with Crippen LogP contribution in [0.2, 0.25) is 0 Å². The molecule has 0 aliphatic heterocycles. The standard InChI is InChI=1S/C16H15ClO/c1-12(11-17)13-7-9-15(10-8-13)16(18)14-5-3-2-4-6-14/h2-10,12H,11H2,1H3. The van der Waals surface area contributed by atoms with Gasteiger partial charge in [0.1, 0.15) is 0 Å². The van der Waals surface area contributed by atoms with E-state index in [9.17, 15) is 4.79 Å². The third-order valence-electron chi connectivity index (χ3n) is 3.01. The van der Waals surface area contributed by atoms with Crippen LogP contribution in [0.4, 0.5) is 0 Å². The lowest BCUT2D eigenvalue weighted by Crippen LogP contribution is -2.02. The van der Waals surface area contributed by atoms with Gasteiger partial charge in [-0.15, -0.1) is 11.6 Å². The van der Waals surface area contributed by atoms with Crippen LogP contribution < -0.4 is 0 Å². The van der Waals surface area contributed by atoms with Gasteiger partial charge in [-0.3, -0.25) is 4.79 Å². The van der Waals surface area contributed by atoms with Crippen LogP contribution in [0.3, 0.4) is 0 Å². The molecule has 0 saturated heterocycles. The summed E-state index contributed by atoms with van der Waals surface area (Å²) in [5.74, 6) is 0.958. The van der Waals surface area contributed by atoms with Crippen LogP contribution in [0.25, 0.3) is 0 Å². The van der Waals surface area contributed by atoms with Crippen LogP contribution >= 0.6 is 11.6 Å². The minimum atomic E-state index is 0.0562. The van der Waals surface area contributed by atoms with Crippen molar-refractivity contribution in [1.29, 1.82) is 0 Å². The minimum Gasteiger partial charge on any atom is -0.289 e. The van der Waals surface area contributed by atoms with Crippen LogP contribution in [-0.2, 0) is 0 Å².